The van der Waals surface area contributed by atoms with Crippen molar-refractivity contribution in [2.45, 2.75) is 0 Å². The number of nitrogens with two attached hydrogens (primary N) is 1. The second-order valence-electron chi connectivity index (χ2n) is 4.22. The van der Waals surface area contributed by atoms with Crippen molar-refractivity contribution in [2.75, 3.05) is 5.73 Å². The van der Waals surface area contributed by atoms with Crippen LogP contribution >= 0.6 is 0 Å². The maximum atomic E-state index is 6.02. The Hall–Kier alpha value is -2.68. The van der Waals surface area contributed by atoms with E-state index in [-0.39, 0.29) is 0 Å². The van der Waals surface area contributed by atoms with Gasteiger partial charge in [0.1, 0.15) is 0 Å². The van der Waals surface area contributed by atoms with Gasteiger partial charge in [0, 0.05) is 11.8 Å². The molecule has 0 amide bonds. The fourth-order valence-corrected chi connectivity index (χ4v) is 1.95. The van der Waals surface area contributed by atoms with Gasteiger partial charge in [-0.3, -0.25) is 4.98 Å². The molecule has 2 aromatic heterocycles. The Morgan fingerprint density at radius 3 is 2.26 bits per heavy atom. The van der Waals surface area contributed by atoms with E-state index in [0.29, 0.717) is 5.69 Å². The highest BCUT2D eigenvalue weighted by atomic mass is 14.8. The summed E-state index contributed by atoms with van der Waals surface area (Å²) < 4.78 is 0. The highest BCUT2D eigenvalue weighted by Gasteiger charge is 2.07. The number of aromatic nitrogens is 2. The van der Waals surface area contributed by atoms with Crippen LogP contribution in [0.15, 0.2) is 66.9 Å². The summed E-state index contributed by atoms with van der Waals surface area (Å²) in [5.74, 6) is 0. The Morgan fingerprint density at radius 2 is 1.53 bits per heavy atom. The zero-order valence-electron chi connectivity index (χ0n) is 10.3. The SMILES string of the molecule is Nc1ccc(-c2ccccn2)nc1-c1ccccc1. The van der Waals surface area contributed by atoms with E-state index in [1.165, 1.54) is 0 Å². The molecule has 0 unspecified atom stereocenters. The predicted octanol–water partition coefficient (Wildman–Crippen LogP) is 3.39. The number of benzene rings is 1. The Morgan fingerprint density at radius 1 is 0.737 bits per heavy atom. The average molecular weight is 247 g/mol. The van der Waals surface area contributed by atoms with E-state index in [2.05, 4.69) is 9.97 Å². The molecule has 3 nitrogen and oxygen atoms in total. The van der Waals surface area contributed by atoms with Crippen molar-refractivity contribution in [3.05, 3.63) is 66.9 Å². The zero-order chi connectivity index (χ0) is 13.1. The van der Waals surface area contributed by atoms with Crippen molar-refractivity contribution < 1.29 is 0 Å². The maximum absolute atomic E-state index is 6.02. The number of hydrogen-bond donors (Lipinski definition) is 1. The van der Waals surface area contributed by atoms with Gasteiger partial charge in [0.25, 0.3) is 0 Å². The number of hydrogen-bond acceptors (Lipinski definition) is 3. The van der Waals surface area contributed by atoms with E-state index >= 15 is 0 Å². The van der Waals surface area contributed by atoms with Gasteiger partial charge in [-0.05, 0) is 24.3 Å². The summed E-state index contributed by atoms with van der Waals surface area (Å²) in [6, 6.07) is 19.5. The Bertz CT molecular complexity index is 679. The quantitative estimate of drug-likeness (QED) is 0.755. The molecule has 3 rings (SSSR count). The minimum atomic E-state index is 0.672. The minimum Gasteiger partial charge on any atom is -0.397 e. The van der Waals surface area contributed by atoms with Crippen LogP contribution in [0, 0.1) is 0 Å². The number of nitrogens with zero attached hydrogens (tertiary/aromatic N) is 2. The third-order valence-electron chi connectivity index (χ3n) is 2.90. The second-order valence-corrected chi connectivity index (χ2v) is 4.22. The van der Waals surface area contributed by atoms with Crippen molar-refractivity contribution in [2.24, 2.45) is 0 Å². The summed E-state index contributed by atoms with van der Waals surface area (Å²) in [7, 11) is 0. The summed E-state index contributed by atoms with van der Waals surface area (Å²) in [6.07, 6.45) is 1.76. The molecule has 19 heavy (non-hydrogen) atoms. The first-order chi connectivity index (χ1) is 9.34. The first kappa shape index (κ1) is 11.4. The smallest absolute Gasteiger partial charge is 0.0939 e. The summed E-state index contributed by atoms with van der Waals surface area (Å²) in [5, 5.41) is 0. The van der Waals surface area contributed by atoms with Crippen LogP contribution in [0.1, 0.15) is 0 Å². The van der Waals surface area contributed by atoms with Gasteiger partial charge in [-0.2, -0.15) is 0 Å². The van der Waals surface area contributed by atoms with Crippen molar-refractivity contribution in [1.29, 1.82) is 0 Å². The highest BCUT2D eigenvalue weighted by Crippen LogP contribution is 2.26. The van der Waals surface area contributed by atoms with Crippen LogP contribution in [0.4, 0.5) is 5.69 Å². The molecule has 0 saturated heterocycles. The normalized spacial score (nSPS) is 10.3. The predicted molar refractivity (Wildman–Crippen MR) is 77.3 cm³/mol. The van der Waals surface area contributed by atoms with Crippen LogP contribution in [0.25, 0.3) is 22.6 Å². The van der Waals surface area contributed by atoms with E-state index in [4.69, 9.17) is 5.73 Å². The molecule has 0 saturated carbocycles. The number of nitrogen functional groups attached to an aromatic ring is 1. The van der Waals surface area contributed by atoms with Crippen molar-refractivity contribution in [1.82, 2.24) is 9.97 Å². The van der Waals surface area contributed by atoms with E-state index in [1.54, 1.807) is 6.20 Å². The van der Waals surface area contributed by atoms with Crippen LogP contribution in [0.3, 0.4) is 0 Å². The van der Waals surface area contributed by atoms with Crippen LogP contribution in [-0.2, 0) is 0 Å². The molecule has 0 atom stereocenters. The zero-order valence-corrected chi connectivity index (χ0v) is 10.3. The van der Waals surface area contributed by atoms with Crippen molar-refractivity contribution in [3.63, 3.8) is 0 Å². The maximum Gasteiger partial charge on any atom is 0.0939 e. The lowest BCUT2D eigenvalue weighted by molar-refractivity contribution is 1.25. The van der Waals surface area contributed by atoms with Gasteiger partial charge in [-0.25, -0.2) is 4.98 Å². The Labute approximate surface area is 111 Å². The second kappa shape index (κ2) is 4.90. The number of rotatable bonds is 2. The number of pyridine rings is 2. The molecule has 3 aromatic rings. The van der Waals surface area contributed by atoms with Gasteiger partial charge in [-0.15, -0.1) is 0 Å². The third kappa shape index (κ3) is 2.31. The molecule has 2 heterocycles. The average Bonchev–Trinajstić information content (AvgIpc) is 2.49. The van der Waals surface area contributed by atoms with E-state index in [0.717, 1.165) is 22.6 Å². The lowest BCUT2D eigenvalue weighted by Crippen LogP contribution is -1.96. The molecule has 0 fully saturated rings. The lowest BCUT2D eigenvalue weighted by Gasteiger charge is -2.07. The molecule has 0 bridgehead atoms. The van der Waals surface area contributed by atoms with Crippen LogP contribution < -0.4 is 5.73 Å². The molecule has 0 aliphatic carbocycles. The van der Waals surface area contributed by atoms with Crippen LogP contribution in [0.5, 0.6) is 0 Å². The van der Waals surface area contributed by atoms with Crippen LogP contribution in [0.2, 0.25) is 0 Å². The molecule has 0 aliphatic heterocycles. The van der Waals surface area contributed by atoms with Gasteiger partial charge in [0.15, 0.2) is 0 Å². The topological polar surface area (TPSA) is 51.8 Å². The summed E-state index contributed by atoms with van der Waals surface area (Å²) in [4.78, 5) is 8.94. The molecule has 0 radical (unpaired) electrons. The molecule has 0 spiro atoms. The lowest BCUT2D eigenvalue weighted by atomic mass is 10.1. The van der Waals surface area contributed by atoms with Gasteiger partial charge in [0.2, 0.25) is 0 Å². The molecule has 0 aliphatic rings. The van der Waals surface area contributed by atoms with Crippen molar-refractivity contribution in [3.8, 4) is 22.6 Å². The molecule has 1 aromatic carbocycles. The summed E-state index contributed by atoms with van der Waals surface area (Å²) in [6.45, 7) is 0. The first-order valence-electron chi connectivity index (χ1n) is 6.08. The van der Waals surface area contributed by atoms with Crippen LogP contribution in [-0.4, -0.2) is 9.97 Å². The molecule has 92 valence electrons. The first-order valence-corrected chi connectivity index (χ1v) is 6.08. The standard InChI is InChI=1S/C16H13N3/c17-13-9-10-15(14-8-4-5-11-18-14)19-16(13)12-6-2-1-3-7-12/h1-11H,17H2. The van der Waals surface area contributed by atoms with E-state index in [9.17, 15) is 0 Å². The van der Waals surface area contributed by atoms with E-state index in [1.807, 2.05) is 60.7 Å². The third-order valence-corrected chi connectivity index (χ3v) is 2.90. The van der Waals surface area contributed by atoms with E-state index < -0.39 is 0 Å². The fraction of sp³-hybridized carbons (Fsp3) is 0. The number of anilines is 1. The molecule has 3 heteroatoms. The highest BCUT2D eigenvalue weighted by molar-refractivity contribution is 5.75. The van der Waals surface area contributed by atoms with Gasteiger partial charge >= 0.3 is 0 Å². The van der Waals surface area contributed by atoms with Gasteiger partial charge in [-0.1, -0.05) is 36.4 Å². The Kier molecular flexibility index (Phi) is 2.94. The monoisotopic (exact) mass is 247 g/mol. The fourth-order valence-electron chi connectivity index (χ4n) is 1.95. The summed E-state index contributed by atoms with van der Waals surface area (Å²) >= 11 is 0. The molecular weight excluding hydrogens is 234 g/mol. The largest absolute Gasteiger partial charge is 0.397 e. The van der Waals surface area contributed by atoms with Crippen molar-refractivity contribution >= 4 is 5.69 Å². The van der Waals surface area contributed by atoms with Gasteiger partial charge < -0.3 is 5.73 Å². The Balaban J connectivity index is 2.12. The summed E-state index contributed by atoms with van der Waals surface area (Å²) in [5.41, 5.74) is 10.2. The molecular formula is C16H13N3. The minimum absolute atomic E-state index is 0.672. The van der Waals surface area contributed by atoms with Gasteiger partial charge in [0.05, 0.1) is 22.8 Å². The molecule has 2 N–H and O–H groups in total.